The molecular formula is C14H19NS. The lowest BCUT2D eigenvalue weighted by Gasteiger charge is -2.08. The Kier molecular flexibility index (Phi) is 4.04. The molecule has 2 N–H and O–H groups in total. The molecule has 1 aliphatic carbocycles. The highest BCUT2D eigenvalue weighted by Gasteiger charge is 2.16. The number of thiophene rings is 1. The van der Waals surface area contributed by atoms with Crippen molar-refractivity contribution in [2.24, 2.45) is 5.73 Å². The molecule has 0 aromatic carbocycles. The molecule has 0 saturated heterocycles. The zero-order chi connectivity index (χ0) is 11.4. The van der Waals surface area contributed by atoms with Crippen molar-refractivity contribution in [2.45, 2.75) is 51.0 Å². The van der Waals surface area contributed by atoms with Crippen molar-refractivity contribution in [1.29, 1.82) is 0 Å². The maximum absolute atomic E-state index is 6.19. The standard InChI is InChI=1S/C14H19NS/c1-2-3-4-8-12(15)14-10-11-7-5-6-9-13(11)16-14/h1,10,12H,3-9,15H2. The van der Waals surface area contributed by atoms with E-state index in [0.717, 1.165) is 19.3 Å². The van der Waals surface area contributed by atoms with E-state index in [2.05, 4.69) is 12.0 Å². The van der Waals surface area contributed by atoms with E-state index < -0.39 is 0 Å². The summed E-state index contributed by atoms with van der Waals surface area (Å²) in [5.74, 6) is 2.67. The van der Waals surface area contributed by atoms with Gasteiger partial charge in [0.05, 0.1) is 0 Å². The first kappa shape index (κ1) is 11.7. The van der Waals surface area contributed by atoms with Crippen molar-refractivity contribution < 1.29 is 0 Å². The molecule has 1 atom stereocenters. The highest BCUT2D eigenvalue weighted by molar-refractivity contribution is 7.12. The van der Waals surface area contributed by atoms with Crippen molar-refractivity contribution in [3.63, 3.8) is 0 Å². The van der Waals surface area contributed by atoms with E-state index in [9.17, 15) is 0 Å². The molecule has 1 aliphatic rings. The van der Waals surface area contributed by atoms with E-state index >= 15 is 0 Å². The van der Waals surface area contributed by atoms with Crippen LogP contribution in [-0.2, 0) is 12.8 Å². The smallest absolute Gasteiger partial charge is 0.0390 e. The van der Waals surface area contributed by atoms with Gasteiger partial charge >= 0.3 is 0 Å². The first-order chi connectivity index (χ1) is 7.81. The molecule has 1 nitrogen and oxygen atoms in total. The molecule has 16 heavy (non-hydrogen) atoms. The van der Waals surface area contributed by atoms with Gasteiger partial charge in [-0.15, -0.1) is 23.7 Å². The van der Waals surface area contributed by atoms with Gasteiger partial charge in [0.2, 0.25) is 0 Å². The highest BCUT2D eigenvalue weighted by atomic mass is 32.1. The summed E-state index contributed by atoms with van der Waals surface area (Å²) in [5, 5.41) is 0. The monoisotopic (exact) mass is 233 g/mol. The number of aryl methyl sites for hydroxylation is 2. The van der Waals surface area contributed by atoms with Crippen LogP contribution in [0, 0.1) is 12.3 Å². The fourth-order valence-electron chi connectivity index (χ4n) is 2.26. The van der Waals surface area contributed by atoms with Crippen LogP contribution < -0.4 is 5.73 Å². The predicted octanol–water partition coefficient (Wildman–Crippen LogP) is 3.43. The number of rotatable bonds is 4. The molecule has 0 spiro atoms. The molecule has 0 aliphatic heterocycles. The Bertz CT molecular complexity index is 362. The van der Waals surface area contributed by atoms with E-state index in [4.69, 9.17) is 12.2 Å². The van der Waals surface area contributed by atoms with Gasteiger partial charge in [0.25, 0.3) is 0 Å². The lowest BCUT2D eigenvalue weighted by atomic mass is 9.98. The Morgan fingerprint density at radius 1 is 1.44 bits per heavy atom. The van der Waals surface area contributed by atoms with Crippen LogP contribution in [0.4, 0.5) is 0 Å². The molecule has 2 heteroatoms. The maximum atomic E-state index is 6.19. The zero-order valence-corrected chi connectivity index (χ0v) is 10.5. The lowest BCUT2D eigenvalue weighted by Crippen LogP contribution is -2.08. The largest absolute Gasteiger partial charge is 0.323 e. The third-order valence-corrected chi connectivity index (χ3v) is 4.59. The SMILES string of the molecule is C#CCCCC(N)c1cc2c(s1)CCCC2. The zero-order valence-electron chi connectivity index (χ0n) is 9.67. The van der Waals surface area contributed by atoms with Gasteiger partial charge in [0, 0.05) is 22.2 Å². The molecule has 0 saturated carbocycles. The van der Waals surface area contributed by atoms with Gasteiger partial charge in [0.15, 0.2) is 0 Å². The summed E-state index contributed by atoms with van der Waals surface area (Å²) in [7, 11) is 0. The summed E-state index contributed by atoms with van der Waals surface area (Å²) in [6.45, 7) is 0. The van der Waals surface area contributed by atoms with Crippen LogP contribution in [0.15, 0.2) is 6.07 Å². The second-order valence-corrected chi connectivity index (χ2v) is 5.68. The first-order valence-corrected chi connectivity index (χ1v) is 6.93. The summed E-state index contributed by atoms with van der Waals surface area (Å²) in [6.07, 6.45) is 13.4. The van der Waals surface area contributed by atoms with E-state index in [1.165, 1.54) is 30.6 Å². The summed E-state index contributed by atoms with van der Waals surface area (Å²) < 4.78 is 0. The van der Waals surface area contributed by atoms with E-state index in [0.29, 0.717) is 0 Å². The second kappa shape index (κ2) is 5.52. The molecule has 0 amide bonds. The molecular weight excluding hydrogens is 214 g/mol. The van der Waals surface area contributed by atoms with Gasteiger partial charge in [-0.05, 0) is 50.2 Å². The third-order valence-electron chi connectivity index (χ3n) is 3.22. The Labute approximate surface area is 102 Å². The predicted molar refractivity (Wildman–Crippen MR) is 70.6 cm³/mol. The number of fused-ring (bicyclic) bond motifs is 1. The van der Waals surface area contributed by atoms with E-state index in [-0.39, 0.29) is 6.04 Å². The molecule has 1 unspecified atom stereocenters. The van der Waals surface area contributed by atoms with Crippen LogP contribution in [0.1, 0.15) is 53.5 Å². The van der Waals surface area contributed by atoms with Crippen molar-refractivity contribution in [3.05, 3.63) is 21.4 Å². The summed E-state index contributed by atoms with van der Waals surface area (Å²) >= 11 is 1.92. The fourth-order valence-corrected chi connectivity index (χ4v) is 3.56. The second-order valence-electron chi connectivity index (χ2n) is 4.51. The number of unbranched alkanes of at least 4 members (excludes halogenated alkanes) is 1. The number of nitrogens with two attached hydrogens (primary N) is 1. The van der Waals surface area contributed by atoms with Crippen LogP contribution in [0.5, 0.6) is 0 Å². The van der Waals surface area contributed by atoms with Crippen molar-refractivity contribution in [1.82, 2.24) is 0 Å². The van der Waals surface area contributed by atoms with E-state index in [1.54, 1.807) is 10.4 Å². The van der Waals surface area contributed by atoms with E-state index in [1.807, 2.05) is 11.3 Å². The van der Waals surface area contributed by atoms with Crippen molar-refractivity contribution in [3.8, 4) is 12.3 Å². The Morgan fingerprint density at radius 2 is 2.25 bits per heavy atom. The van der Waals surface area contributed by atoms with Crippen LogP contribution >= 0.6 is 11.3 Å². The van der Waals surface area contributed by atoms with Crippen LogP contribution in [0.3, 0.4) is 0 Å². The maximum Gasteiger partial charge on any atom is 0.0390 e. The quantitative estimate of drug-likeness (QED) is 0.626. The lowest BCUT2D eigenvalue weighted by molar-refractivity contribution is 0.629. The molecule has 1 heterocycles. The third kappa shape index (κ3) is 2.66. The molecule has 0 bridgehead atoms. The molecule has 1 aromatic rings. The minimum atomic E-state index is 0.198. The van der Waals surface area contributed by atoms with Gasteiger partial charge in [-0.2, -0.15) is 0 Å². The van der Waals surface area contributed by atoms with Crippen LogP contribution in [0.2, 0.25) is 0 Å². The minimum absolute atomic E-state index is 0.198. The van der Waals surface area contributed by atoms with Gasteiger partial charge in [-0.25, -0.2) is 0 Å². The summed E-state index contributed by atoms with van der Waals surface area (Å²) in [4.78, 5) is 2.94. The van der Waals surface area contributed by atoms with Gasteiger partial charge in [-0.3, -0.25) is 0 Å². The topological polar surface area (TPSA) is 26.0 Å². The van der Waals surface area contributed by atoms with Gasteiger partial charge in [0.1, 0.15) is 0 Å². The highest BCUT2D eigenvalue weighted by Crippen LogP contribution is 2.33. The van der Waals surface area contributed by atoms with Crippen molar-refractivity contribution in [2.75, 3.05) is 0 Å². The number of hydrogen-bond donors (Lipinski definition) is 1. The molecule has 86 valence electrons. The summed E-state index contributed by atoms with van der Waals surface area (Å²) in [6, 6.07) is 2.53. The normalized spacial score (nSPS) is 16.5. The molecule has 2 rings (SSSR count). The summed E-state index contributed by atoms with van der Waals surface area (Å²) in [5.41, 5.74) is 7.74. The average molecular weight is 233 g/mol. The Morgan fingerprint density at radius 3 is 3.00 bits per heavy atom. The molecule has 0 fully saturated rings. The Hall–Kier alpha value is -0.780. The first-order valence-electron chi connectivity index (χ1n) is 6.12. The van der Waals surface area contributed by atoms with Crippen LogP contribution in [0.25, 0.3) is 0 Å². The minimum Gasteiger partial charge on any atom is -0.323 e. The van der Waals surface area contributed by atoms with Crippen molar-refractivity contribution >= 4 is 11.3 Å². The van der Waals surface area contributed by atoms with Gasteiger partial charge in [-0.1, -0.05) is 0 Å². The van der Waals surface area contributed by atoms with Crippen LogP contribution in [-0.4, -0.2) is 0 Å². The fraction of sp³-hybridized carbons (Fsp3) is 0.571. The number of hydrogen-bond acceptors (Lipinski definition) is 2. The molecule has 1 aromatic heterocycles. The van der Waals surface area contributed by atoms with Gasteiger partial charge < -0.3 is 5.73 Å². The molecule has 0 radical (unpaired) electrons. The number of terminal acetylenes is 1. The average Bonchev–Trinajstić information content (AvgIpc) is 2.73. The Balaban J connectivity index is 1.98.